The normalized spacial score (nSPS) is 18.0. The quantitative estimate of drug-likeness (QED) is 0.736. The number of hydrogen-bond acceptors (Lipinski definition) is 2. The van der Waals surface area contributed by atoms with Crippen LogP contribution >= 0.6 is 0 Å². The molecule has 0 saturated carbocycles. The van der Waals surface area contributed by atoms with Gasteiger partial charge in [-0.2, -0.15) is 0 Å². The summed E-state index contributed by atoms with van der Waals surface area (Å²) in [6.07, 6.45) is 8.94. The number of pyridine rings is 1. The van der Waals surface area contributed by atoms with Gasteiger partial charge in [-0.3, -0.25) is 9.78 Å². The minimum Gasteiger partial charge on any atom is -0.338 e. The van der Waals surface area contributed by atoms with Crippen molar-refractivity contribution in [1.82, 2.24) is 14.5 Å². The van der Waals surface area contributed by atoms with E-state index >= 15 is 0 Å². The summed E-state index contributed by atoms with van der Waals surface area (Å²) in [7, 11) is 0. The van der Waals surface area contributed by atoms with Crippen molar-refractivity contribution in [2.24, 2.45) is 0 Å². The predicted molar refractivity (Wildman–Crippen MR) is 94.5 cm³/mol. The van der Waals surface area contributed by atoms with Crippen molar-refractivity contribution in [2.75, 3.05) is 6.54 Å². The minimum absolute atomic E-state index is 0.154. The van der Waals surface area contributed by atoms with Crippen LogP contribution in [-0.2, 0) is 11.3 Å². The molecule has 1 aromatic carbocycles. The lowest BCUT2D eigenvalue weighted by Crippen LogP contribution is -2.40. The largest absolute Gasteiger partial charge is 0.338 e. The van der Waals surface area contributed by atoms with E-state index in [0.29, 0.717) is 6.54 Å². The van der Waals surface area contributed by atoms with E-state index in [0.717, 1.165) is 36.9 Å². The van der Waals surface area contributed by atoms with E-state index in [2.05, 4.69) is 29.2 Å². The fourth-order valence-corrected chi connectivity index (χ4v) is 3.66. The molecule has 1 amide bonds. The maximum absolute atomic E-state index is 13.0. The molecule has 0 bridgehead atoms. The Morgan fingerprint density at radius 1 is 1.12 bits per heavy atom. The number of piperidine rings is 1. The summed E-state index contributed by atoms with van der Waals surface area (Å²) in [5.74, 6) is 0.185. The third-order valence-corrected chi connectivity index (χ3v) is 4.88. The fraction of sp³-hybridized carbons (Fsp3) is 0.300. The second-order valence-corrected chi connectivity index (χ2v) is 6.39. The highest BCUT2D eigenvalue weighted by atomic mass is 16.2. The van der Waals surface area contributed by atoms with E-state index in [9.17, 15) is 4.79 Å². The Balaban J connectivity index is 1.58. The maximum atomic E-state index is 13.0. The van der Waals surface area contributed by atoms with E-state index < -0.39 is 0 Å². The van der Waals surface area contributed by atoms with Gasteiger partial charge in [-0.1, -0.05) is 24.3 Å². The smallest absolute Gasteiger partial charge is 0.243 e. The van der Waals surface area contributed by atoms with E-state index in [1.54, 1.807) is 6.20 Å². The molecule has 0 unspecified atom stereocenters. The van der Waals surface area contributed by atoms with Gasteiger partial charge in [0.15, 0.2) is 0 Å². The van der Waals surface area contributed by atoms with Crippen LogP contribution in [0.5, 0.6) is 0 Å². The van der Waals surface area contributed by atoms with E-state index in [4.69, 9.17) is 0 Å². The number of hydrogen-bond donors (Lipinski definition) is 0. The van der Waals surface area contributed by atoms with Crippen LogP contribution in [-0.4, -0.2) is 26.9 Å². The zero-order valence-corrected chi connectivity index (χ0v) is 13.6. The molecule has 4 rings (SSSR count). The highest BCUT2D eigenvalue weighted by molar-refractivity contribution is 5.83. The Bertz CT molecular complexity index is 840. The van der Waals surface area contributed by atoms with Gasteiger partial charge in [0.05, 0.1) is 6.04 Å². The van der Waals surface area contributed by atoms with E-state index in [1.807, 2.05) is 40.1 Å². The first-order valence-electron chi connectivity index (χ1n) is 8.56. The number of para-hydroxylation sites is 1. The predicted octanol–water partition coefficient (Wildman–Crippen LogP) is 3.79. The van der Waals surface area contributed by atoms with Crippen LogP contribution in [0.3, 0.4) is 0 Å². The Hall–Kier alpha value is -2.62. The number of carbonyl (C=O) groups is 1. The Labute approximate surface area is 141 Å². The zero-order chi connectivity index (χ0) is 16.4. The molecule has 4 heteroatoms. The first kappa shape index (κ1) is 14.9. The topological polar surface area (TPSA) is 38.1 Å². The third kappa shape index (κ3) is 2.80. The first-order valence-corrected chi connectivity index (χ1v) is 8.56. The summed E-state index contributed by atoms with van der Waals surface area (Å²) >= 11 is 0. The van der Waals surface area contributed by atoms with Crippen LogP contribution in [0.1, 0.15) is 30.9 Å². The average Bonchev–Trinajstić information content (AvgIpc) is 3.05. The Morgan fingerprint density at radius 3 is 2.92 bits per heavy atom. The molecule has 1 aliphatic heterocycles. The Kier molecular flexibility index (Phi) is 4.03. The second-order valence-electron chi connectivity index (χ2n) is 6.39. The summed E-state index contributed by atoms with van der Waals surface area (Å²) in [5.41, 5.74) is 2.25. The van der Waals surface area contributed by atoms with Crippen LogP contribution in [0, 0.1) is 0 Å². The summed E-state index contributed by atoms with van der Waals surface area (Å²) in [4.78, 5) is 19.2. The SMILES string of the molecule is O=C(Cn1ccc2ccccc21)N1CCCC[C@@H]1c1cccnc1. The highest BCUT2D eigenvalue weighted by Gasteiger charge is 2.28. The lowest BCUT2D eigenvalue weighted by Gasteiger charge is -2.36. The van der Waals surface area contributed by atoms with E-state index in [-0.39, 0.29) is 11.9 Å². The standard InChI is InChI=1S/C20H21N3O/c24-20(15-22-13-10-16-6-1-2-8-18(16)22)23-12-4-3-9-19(23)17-7-5-11-21-14-17/h1-2,5-8,10-11,13-14,19H,3-4,9,12,15H2/t19-/m1/s1. The molecule has 1 fully saturated rings. The lowest BCUT2D eigenvalue weighted by molar-refractivity contribution is -0.135. The average molecular weight is 319 g/mol. The van der Waals surface area contributed by atoms with Crippen LogP contribution < -0.4 is 0 Å². The molecule has 1 aliphatic rings. The van der Waals surface area contributed by atoms with Crippen molar-refractivity contribution in [3.05, 3.63) is 66.6 Å². The first-order chi connectivity index (χ1) is 11.8. The summed E-state index contributed by atoms with van der Waals surface area (Å²) < 4.78 is 2.05. The Morgan fingerprint density at radius 2 is 2.04 bits per heavy atom. The molecule has 122 valence electrons. The van der Waals surface area contributed by atoms with Crippen LogP contribution in [0.2, 0.25) is 0 Å². The number of nitrogens with zero attached hydrogens (tertiary/aromatic N) is 3. The summed E-state index contributed by atoms with van der Waals surface area (Å²) in [6, 6.07) is 14.4. The molecule has 0 spiro atoms. The van der Waals surface area contributed by atoms with E-state index in [1.165, 1.54) is 5.39 Å². The van der Waals surface area contributed by atoms with Gasteiger partial charge < -0.3 is 9.47 Å². The van der Waals surface area contributed by atoms with Gasteiger partial charge in [-0.25, -0.2) is 0 Å². The van der Waals surface area contributed by atoms with Gasteiger partial charge in [0, 0.05) is 30.7 Å². The molecule has 1 saturated heterocycles. The molecular formula is C20H21N3O. The number of amides is 1. The number of likely N-dealkylation sites (tertiary alicyclic amines) is 1. The third-order valence-electron chi connectivity index (χ3n) is 4.88. The number of fused-ring (bicyclic) bond motifs is 1. The molecule has 0 aliphatic carbocycles. The minimum atomic E-state index is 0.154. The van der Waals surface area contributed by atoms with Crippen LogP contribution in [0.15, 0.2) is 61.1 Å². The lowest BCUT2D eigenvalue weighted by atomic mass is 9.96. The van der Waals surface area contributed by atoms with Crippen molar-refractivity contribution in [3.8, 4) is 0 Å². The molecule has 24 heavy (non-hydrogen) atoms. The van der Waals surface area contributed by atoms with Crippen molar-refractivity contribution >= 4 is 16.8 Å². The second kappa shape index (κ2) is 6.48. The number of carbonyl (C=O) groups excluding carboxylic acids is 1. The molecule has 0 N–H and O–H groups in total. The summed E-state index contributed by atoms with van der Waals surface area (Å²) in [6.45, 7) is 1.22. The molecule has 3 heterocycles. The monoisotopic (exact) mass is 319 g/mol. The van der Waals surface area contributed by atoms with Crippen molar-refractivity contribution in [2.45, 2.75) is 31.8 Å². The van der Waals surface area contributed by atoms with Gasteiger partial charge in [0.1, 0.15) is 6.54 Å². The van der Waals surface area contributed by atoms with Gasteiger partial charge in [0.25, 0.3) is 0 Å². The van der Waals surface area contributed by atoms with Crippen molar-refractivity contribution < 1.29 is 4.79 Å². The van der Waals surface area contributed by atoms with Gasteiger partial charge in [-0.05, 0) is 48.4 Å². The van der Waals surface area contributed by atoms with Crippen LogP contribution in [0.25, 0.3) is 10.9 Å². The highest BCUT2D eigenvalue weighted by Crippen LogP contribution is 2.30. The molecule has 3 aromatic rings. The number of benzene rings is 1. The molecule has 2 aromatic heterocycles. The molecular weight excluding hydrogens is 298 g/mol. The van der Waals surface area contributed by atoms with Crippen LogP contribution in [0.4, 0.5) is 0 Å². The maximum Gasteiger partial charge on any atom is 0.243 e. The zero-order valence-electron chi connectivity index (χ0n) is 13.6. The van der Waals surface area contributed by atoms with Gasteiger partial charge in [-0.15, -0.1) is 0 Å². The molecule has 0 radical (unpaired) electrons. The summed E-state index contributed by atoms with van der Waals surface area (Å²) in [5, 5.41) is 1.17. The van der Waals surface area contributed by atoms with Gasteiger partial charge >= 0.3 is 0 Å². The van der Waals surface area contributed by atoms with Gasteiger partial charge in [0.2, 0.25) is 5.91 Å². The molecule has 1 atom stereocenters. The van der Waals surface area contributed by atoms with Crippen molar-refractivity contribution in [3.63, 3.8) is 0 Å². The van der Waals surface area contributed by atoms with Crippen molar-refractivity contribution in [1.29, 1.82) is 0 Å². The molecule has 4 nitrogen and oxygen atoms in total. The fourth-order valence-electron chi connectivity index (χ4n) is 3.66. The number of rotatable bonds is 3. The number of aromatic nitrogens is 2.